The minimum Gasteiger partial charge on any atom is -0.332 e. The number of fused-ring (bicyclic) bond motifs is 2. The lowest BCUT2D eigenvalue weighted by Crippen LogP contribution is -2.27. The fourth-order valence-electron chi connectivity index (χ4n) is 3.29. The van der Waals surface area contributed by atoms with E-state index in [1.54, 1.807) is 6.20 Å². The van der Waals surface area contributed by atoms with Crippen LogP contribution in [0.15, 0.2) is 30.7 Å². The van der Waals surface area contributed by atoms with Gasteiger partial charge in [0, 0.05) is 36.1 Å². The summed E-state index contributed by atoms with van der Waals surface area (Å²) in [5, 5.41) is 0. The Labute approximate surface area is 152 Å². The van der Waals surface area contributed by atoms with Gasteiger partial charge in [0.05, 0.1) is 24.4 Å². The minimum absolute atomic E-state index is 0.0867. The molecule has 0 atom stereocenters. The second-order valence-electron chi connectivity index (χ2n) is 7.98. The molecular formula is C20H23N5O. The molecule has 0 bridgehead atoms. The number of pyridine rings is 1. The highest BCUT2D eigenvalue weighted by molar-refractivity contribution is 5.79. The molecule has 0 unspecified atom stereocenters. The predicted molar refractivity (Wildman–Crippen MR) is 98.6 cm³/mol. The second kappa shape index (κ2) is 5.90. The molecule has 4 rings (SSSR count). The van der Waals surface area contributed by atoms with Crippen molar-refractivity contribution in [3.63, 3.8) is 0 Å². The Morgan fingerprint density at radius 3 is 2.77 bits per heavy atom. The van der Waals surface area contributed by atoms with E-state index in [0.29, 0.717) is 19.5 Å². The number of aryl methyl sites for hydroxylation is 1. The molecule has 0 aliphatic carbocycles. The maximum atomic E-state index is 12.8. The van der Waals surface area contributed by atoms with Crippen molar-refractivity contribution in [3.8, 4) is 0 Å². The summed E-state index contributed by atoms with van der Waals surface area (Å²) in [5.74, 6) is 0.909. The molecule has 0 saturated carbocycles. The van der Waals surface area contributed by atoms with Gasteiger partial charge in [0.25, 0.3) is 0 Å². The highest BCUT2D eigenvalue weighted by Gasteiger charge is 2.28. The fraction of sp³-hybridized carbons (Fsp3) is 0.400. The van der Waals surface area contributed by atoms with Crippen molar-refractivity contribution in [2.75, 3.05) is 0 Å². The van der Waals surface area contributed by atoms with E-state index >= 15 is 0 Å². The topological polar surface area (TPSA) is 63.4 Å². The molecule has 1 amide bonds. The number of amides is 1. The number of imidazole rings is 1. The Balaban J connectivity index is 1.53. The first kappa shape index (κ1) is 16.7. The summed E-state index contributed by atoms with van der Waals surface area (Å²) in [7, 11) is 0. The van der Waals surface area contributed by atoms with Crippen molar-refractivity contribution in [2.24, 2.45) is 0 Å². The molecule has 4 heterocycles. The molecule has 0 saturated heterocycles. The highest BCUT2D eigenvalue weighted by atomic mass is 16.2. The maximum absolute atomic E-state index is 12.8. The molecule has 6 heteroatoms. The monoisotopic (exact) mass is 349 g/mol. The van der Waals surface area contributed by atoms with E-state index in [0.717, 1.165) is 34.0 Å². The van der Waals surface area contributed by atoms with Crippen LogP contribution in [0.2, 0.25) is 0 Å². The molecule has 0 spiro atoms. The van der Waals surface area contributed by atoms with Crippen molar-refractivity contribution < 1.29 is 4.79 Å². The quantitative estimate of drug-likeness (QED) is 0.714. The summed E-state index contributed by atoms with van der Waals surface area (Å²) in [6.07, 6.45) is 5.95. The molecule has 0 radical (unpaired) electrons. The van der Waals surface area contributed by atoms with Crippen LogP contribution in [0.5, 0.6) is 0 Å². The van der Waals surface area contributed by atoms with E-state index in [2.05, 4.69) is 30.7 Å². The molecule has 0 fully saturated rings. The largest absolute Gasteiger partial charge is 0.332 e. The van der Waals surface area contributed by atoms with Crippen LogP contribution >= 0.6 is 0 Å². The summed E-state index contributed by atoms with van der Waals surface area (Å²) in [4.78, 5) is 28.3. The third-order valence-corrected chi connectivity index (χ3v) is 4.82. The van der Waals surface area contributed by atoms with Crippen LogP contribution in [-0.4, -0.2) is 30.2 Å². The molecule has 6 nitrogen and oxygen atoms in total. The van der Waals surface area contributed by atoms with Gasteiger partial charge in [0.2, 0.25) is 5.91 Å². The molecule has 0 aromatic carbocycles. The Morgan fingerprint density at radius 1 is 1.19 bits per heavy atom. The Morgan fingerprint density at radius 2 is 2.00 bits per heavy atom. The summed E-state index contributed by atoms with van der Waals surface area (Å²) in [5.41, 5.74) is 4.82. The number of aromatic nitrogens is 4. The first-order valence-corrected chi connectivity index (χ1v) is 8.87. The first-order chi connectivity index (χ1) is 12.3. The van der Waals surface area contributed by atoms with E-state index in [1.165, 1.54) is 0 Å². The van der Waals surface area contributed by atoms with Gasteiger partial charge in [-0.15, -0.1) is 0 Å². The third-order valence-electron chi connectivity index (χ3n) is 4.82. The van der Waals surface area contributed by atoms with Gasteiger partial charge in [-0.1, -0.05) is 26.8 Å². The smallest absolute Gasteiger partial charge is 0.229 e. The van der Waals surface area contributed by atoms with Gasteiger partial charge in [-0.05, 0) is 18.6 Å². The lowest BCUT2D eigenvalue weighted by molar-refractivity contribution is -0.131. The molecule has 0 N–H and O–H groups in total. The third kappa shape index (κ3) is 2.85. The van der Waals surface area contributed by atoms with Gasteiger partial charge in [-0.3, -0.25) is 4.79 Å². The average molecular weight is 349 g/mol. The van der Waals surface area contributed by atoms with E-state index in [9.17, 15) is 4.79 Å². The van der Waals surface area contributed by atoms with Gasteiger partial charge in [0.1, 0.15) is 11.5 Å². The SMILES string of the molecule is Cc1cccn2c(CC(=O)N3Cc4cnc(C(C)(C)C)nc4C3)cnc12. The zero-order valence-corrected chi connectivity index (χ0v) is 15.7. The van der Waals surface area contributed by atoms with E-state index in [1.807, 2.05) is 40.8 Å². The zero-order valence-electron chi connectivity index (χ0n) is 15.7. The van der Waals surface area contributed by atoms with Gasteiger partial charge in [0.15, 0.2) is 0 Å². The maximum Gasteiger partial charge on any atom is 0.229 e. The molecule has 3 aromatic rings. The van der Waals surface area contributed by atoms with Crippen molar-refractivity contribution in [3.05, 3.63) is 59.1 Å². The van der Waals surface area contributed by atoms with Crippen LogP contribution in [0.1, 0.15) is 49.1 Å². The Hall–Kier alpha value is -2.76. The average Bonchev–Trinajstić information content (AvgIpc) is 3.18. The number of carbonyl (C=O) groups excluding carboxylic acids is 1. The molecule has 3 aromatic heterocycles. The van der Waals surface area contributed by atoms with Crippen LogP contribution in [0.3, 0.4) is 0 Å². The van der Waals surface area contributed by atoms with E-state index < -0.39 is 0 Å². The van der Waals surface area contributed by atoms with Crippen LogP contribution in [0.25, 0.3) is 5.65 Å². The van der Waals surface area contributed by atoms with Crippen LogP contribution in [-0.2, 0) is 29.7 Å². The van der Waals surface area contributed by atoms with Gasteiger partial charge < -0.3 is 9.30 Å². The summed E-state index contributed by atoms with van der Waals surface area (Å²) < 4.78 is 1.99. The van der Waals surface area contributed by atoms with Crippen molar-refractivity contribution in [2.45, 2.75) is 52.6 Å². The Kier molecular flexibility index (Phi) is 3.79. The van der Waals surface area contributed by atoms with Crippen molar-refractivity contribution in [1.82, 2.24) is 24.3 Å². The van der Waals surface area contributed by atoms with Gasteiger partial charge in [-0.25, -0.2) is 15.0 Å². The number of rotatable bonds is 2. The summed E-state index contributed by atoms with van der Waals surface area (Å²) in [6, 6.07) is 4.00. The number of hydrogen-bond donors (Lipinski definition) is 0. The van der Waals surface area contributed by atoms with E-state index in [-0.39, 0.29) is 11.3 Å². The standard InChI is InChI=1S/C20H23N5O/c1-13-6-5-7-25-15(10-21-18(13)25)8-17(26)24-11-14-9-22-19(20(2,3)4)23-16(14)12-24/h5-7,9-10H,8,11-12H2,1-4H3. The van der Waals surface area contributed by atoms with Gasteiger partial charge in [-0.2, -0.15) is 0 Å². The molecule has 134 valence electrons. The first-order valence-electron chi connectivity index (χ1n) is 8.87. The Bertz CT molecular complexity index is 999. The number of hydrogen-bond acceptors (Lipinski definition) is 4. The van der Waals surface area contributed by atoms with Gasteiger partial charge >= 0.3 is 0 Å². The summed E-state index contributed by atoms with van der Waals surface area (Å²) in [6.45, 7) is 9.44. The minimum atomic E-state index is -0.0964. The van der Waals surface area contributed by atoms with Crippen LogP contribution in [0.4, 0.5) is 0 Å². The number of nitrogens with zero attached hydrogens (tertiary/aromatic N) is 5. The predicted octanol–water partition coefficient (Wildman–Crippen LogP) is 2.82. The molecular weight excluding hydrogens is 326 g/mol. The highest BCUT2D eigenvalue weighted by Crippen LogP contribution is 2.25. The molecule has 26 heavy (non-hydrogen) atoms. The normalized spacial score (nSPS) is 14.1. The zero-order chi connectivity index (χ0) is 18.5. The fourth-order valence-corrected chi connectivity index (χ4v) is 3.29. The van der Waals surface area contributed by atoms with Crippen LogP contribution in [0, 0.1) is 6.92 Å². The van der Waals surface area contributed by atoms with Crippen molar-refractivity contribution >= 4 is 11.6 Å². The molecule has 1 aliphatic heterocycles. The van der Waals surface area contributed by atoms with E-state index in [4.69, 9.17) is 4.98 Å². The van der Waals surface area contributed by atoms with Crippen LogP contribution < -0.4 is 0 Å². The van der Waals surface area contributed by atoms with Crippen molar-refractivity contribution in [1.29, 1.82) is 0 Å². The lowest BCUT2D eigenvalue weighted by atomic mass is 9.95. The lowest BCUT2D eigenvalue weighted by Gasteiger charge is -2.16. The molecule has 1 aliphatic rings. The summed E-state index contributed by atoms with van der Waals surface area (Å²) >= 11 is 0. The second-order valence-corrected chi connectivity index (χ2v) is 7.98. The number of carbonyl (C=O) groups is 1.